The van der Waals surface area contributed by atoms with E-state index in [-0.39, 0.29) is 11.0 Å². The van der Waals surface area contributed by atoms with E-state index in [1.807, 2.05) is 13.0 Å². The molecule has 0 aromatic heterocycles. The van der Waals surface area contributed by atoms with Crippen molar-refractivity contribution < 1.29 is 9.90 Å². The summed E-state index contributed by atoms with van der Waals surface area (Å²) in [5.74, 6) is -0.985. The first-order chi connectivity index (χ1) is 9.76. The number of carbonyl (C=O) groups is 1. The molecule has 0 atom stereocenters. The van der Waals surface area contributed by atoms with Gasteiger partial charge < -0.3 is 16.2 Å². The van der Waals surface area contributed by atoms with E-state index in [1.54, 1.807) is 6.07 Å². The molecule has 0 saturated heterocycles. The van der Waals surface area contributed by atoms with Crippen LogP contribution in [0.25, 0.3) is 0 Å². The number of carboxylic acid groups (broad SMARTS) is 1. The molecule has 1 rings (SSSR count). The largest absolute Gasteiger partial charge is 0.478 e. The monoisotopic (exact) mass is 292 g/mol. The van der Waals surface area contributed by atoms with Crippen LogP contribution in [0.1, 0.15) is 62.4 Å². The average Bonchev–Trinajstić information content (AvgIpc) is 2.40. The van der Waals surface area contributed by atoms with Crippen LogP contribution >= 0.6 is 0 Å². The number of benzene rings is 1. The van der Waals surface area contributed by atoms with Gasteiger partial charge in [-0.15, -0.1) is 0 Å². The molecule has 0 amide bonds. The van der Waals surface area contributed by atoms with Gasteiger partial charge in [0.25, 0.3) is 0 Å². The number of nitrogen functional groups attached to an aromatic ring is 1. The molecule has 4 N–H and O–H groups in total. The Labute approximate surface area is 127 Å². The fourth-order valence-corrected chi connectivity index (χ4v) is 2.36. The smallest absolute Gasteiger partial charge is 0.337 e. The molecular weight excluding hydrogens is 264 g/mol. The van der Waals surface area contributed by atoms with Crippen molar-refractivity contribution >= 4 is 17.3 Å². The summed E-state index contributed by atoms with van der Waals surface area (Å²) in [4.78, 5) is 11.2. The molecule has 1 aromatic carbocycles. The van der Waals surface area contributed by atoms with E-state index in [1.165, 1.54) is 19.3 Å². The Morgan fingerprint density at radius 3 is 2.57 bits per heavy atom. The standard InChI is InChI=1S/C17H28N2O2/c1-5-6-7-8-17(3,4)11-19-13-9-12(2)15(18)14(10-13)16(20)21/h9-10,19H,5-8,11,18H2,1-4H3,(H,20,21). The number of hydrogen-bond donors (Lipinski definition) is 3. The van der Waals surface area contributed by atoms with Gasteiger partial charge in [0.15, 0.2) is 0 Å². The van der Waals surface area contributed by atoms with Crippen LogP contribution in [-0.2, 0) is 0 Å². The number of carboxylic acids is 1. The lowest BCUT2D eigenvalue weighted by Gasteiger charge is -2.26. The highest BCUT2D eigenvalue weighted by molar-refractivity contribution is 5.95. The maximum absolute atomic E-state index is 11.2. The van der Waals surface area contributed by atoms with E-state index in [4.69, 9.17) is 5.73 Å². The molecule has 0 aliphatic rings. The SMILES string of the molecule is CCCCCC(C)(C)CNc1cc(C)c(N)c(C(=O)O)c1. The number of nitrogens with two attached hydrogens (primary N) is 1. The van der Waals surface area contributed by atoms with Gasteiger partial charge in [0.1, 0.15) is 0 Å². The van der Waals surface area contributed by atoms with Crippen molar-refractivity contribution in [3.8, 4) is 0 Å². The quantitative estimate of drug-likeness (QED) is 0.493. The highest BCUT2D eigenvalue weighted by Crippen LogP contribution is 2.27. The third-order valence-electron chi connectivity index (χ3n) is 3.85. The van der Waals surface area contributed by atoms with Crippen molar-refractivity contribution in [2.45, 2.75) is 53.4 Å². The first kappa shape index (κ1) is 17.3. The predicted octanol–water partition coefficient (Wildman–Crippen LogP) is 4.29. The molecule has 0 radical (unpaired) electrons. The summed E-state index contributed by atoms with van der Waals surface area (Å²) in [6.45, 7) is 9.32. The normalized spacial score (nSPS) is 11.4. The third-order valence-corrected chi connectivity index (χ3v) is 3.85. The predicted molar refractivity (Wildman–Crippen MR) is 89.0 cm³/mol. The van der Waals surface area contributed by atoms with Crippen LogP contribution in [0.15, 0.2) is 12.1 Å². The molecule has 1 aromatic rings. The highest BCUT2D eigenvalue weighted by Gasteiger charge is 2.18. The van der Waals surface area contributed by atoms with E-state index in [0.717, 1.165) is 24.2 Å². The zero-order valence-electron chi connectivity index (χ0n) is 13.6. The van der Waals surface area contributed by atoms with Crippen LogP contribution < -0.4 is 11.1 Å². The molecule has 0 aliphatic heterocycles. The van der Waals surface area contributed by atoms with E-state index in [9.17, 15) is 9.90 Å². The summed E-state index contributed by atoms with van der Waals surface area (Å²) >= 11 is 0. The summed E-state index contributed by atoms with van der Waals surface area (Å²) in [5, 5.41) is 12.5. The van der Waals surface area contributed by atoms with Crippen molar-refractivity contribution in [3.63, 3.8) is 0 Å². The number of unbranched alkanes of at least 4 members (excludes halogenated alkanes) is 2. The lowest BCUT2D eigenvalue weighted by Crippen LogP contribution is -2.23. The Bertz CT molecular complexity index is 496. The molecule has 4 heteroatoms. The zero-order chi connectivity index (χ0) is 16.0. The lowest BCUT2D eigenvalue weighted by molar-refractivity contribution is 0.0698. The number of nitrogens with one attached hydrogen (secondary N) is 1. The Balaban J connectivity index is 2.73. The van der Waals surface area contributed by atoms with Crippen LogP contribution in [0.4, 0.5) is 11.4 Å². The summed E-state index contributed by atoms with van der Waals surface area (Å²) in [6.07, 6.45) is 4.87. The Morgan fingerprint density at radius 2 is 2.00 bits per heavy atom. The molecular formula is C17H28N2O2. The highest BCUT2D eigenvalue weighted by atomic mass is 16.4. The van der Waals surface area contributed by atoms with Crippen LogP contribution in [-0.4, -0.2) is 17.6 Å². The Kier molecular flexibility index (Phi) is 6.06. The first-order valence-electron chi connectivity index (χ1n) is 7.64. The van der Waals surface area contributed by atoms with Gasteiger partial charge >= 0.3 is 5.97 Å². The number of aromatic carboxylic acids is 1. The van der Waals surface area contributed by atoms with Crippen molar-refractivity contribution in [3.05, 3.63) is 23.3 Å². The van der Waals surface area contributed by atoms with Gasteiger partial charge in [0.2, 0.25) is 0 Å². The number of rotatable bonds is 8. The fourth-order valence-electron chi connectivity index (χ4n) is 2.36. The van der Waals surface area contributed by atoms with Crippen molar-refractivity contribution in [2.75, 3.05) is 17.6 Å². The van der Waals surface area contributed by atoms with Crippen molar-refractivity contribution in [1.82, 2.24) is 0 Å². The van der Waals surface area contributed by atoms with Gasteiger partial charge in [0, 0.05) is 17.9 Å². The minimum absolute atomic E-state index is 0.168. The number of anilines is 2. The van der Waals surface area contributed by atoms with Gasteiger partial charge in [-0.3, -0.25) is 0 Å². The second-order valence-electron chi connectivity index (χ2n) is 6.53. The lowest BCUT2D eigenvalue weighted by atomic mass is 9.86. The van der Waals surface area contributed by atoms with Crippen molar-refractivity contribution in [1.29, 1.82) is 0 Å². The van der Waals surface area contributed by atoms with Crippen LogP contribution in [0, 0.1) is 12.3 Å². The maximum Gasteiger partial charge on any atom is 0.337 e. The molecule has 0 heterocycles. The second-order valence-corrected chi connectivity index (χ2v) is 6.53. The fraction of sp³-hybridized carbons (Fsp3) is 0.588. The zero-order valence-corrected chi connectivity index (χ0v) is 13.6. The van der Waals surface area contributed by atoms with Crippen LogP contribution in [0.3, 0.4) is 0 Å². The molecule has 0 aliphatic carbocycles. The molecule has 4 nitrogen and oxygen atoms in total. The molecule has 0 saturated carbocycles. The molecule has 0 unspecified atom stereocenters. The van der Waals surface area contributed by atoms with E-state index in [2.05, 4.69) is 26.1 Å². The van der Waals surface area contributed by atoms with Gasteiger partial charge in [-0.2, -0.15) is 0 Å². The Hall–Kier alpha value is -1.71. The first-order valence-corrected chi connectivity index (χ1v) is 7.64. The minimum atomic E-state index is -0.985. The molecule has 118 valence electrons. The average molecular weight is 292 g/mol. The molecule has 0 fully saturated rings. The van der Waals surface area contributed by atoms with Crippen LogP contribution in [0.5, 0.6) is 0 Å². The molecule has 0 spiro atoms. The summed E-state index contributed by atoms with van der Waals surface area (Å²) in [6, 6.07) is 3.52. The summed E-state index contributed by atoms with van der Waals surface area (Å²) < 4.78 is 0. The topological polar surface area (TPSA) is 75.3 Å². The molecule has 21 heavy (non-hydrogen) atoms. The van der Waals surface area contributed by atoms with E-state index in [0.29, 0.717) is 5.69 Å². The summed E-state index contributed by atoms with van der Waals surface area (Å²) in [7, 11) is 0. The number of aryl methyl sites for hydroxylation is 1. The van der Waals surface area contributed by atoms with Crippen molar-refractivity contribution in [2.24, 2.45) is 5.41 Å². The van der Waals surface area contributed by atoms with Crippen LogP contribution in [0.2, 0.25) is 0 Å². The minimum Gasteiger partial charge on any atom is -0.478 e. The molecule has 0 bridgehead atoms. The second kappa shape index (κ2) is 7.34. The third kappa shape index (κ3) is 5.29. The van der Waals surface area contributed by atoms with E-state index >= 15 is 0 Å². The van der Waals surface area contributed by atoms with Gasteiger partial charge in [-0.1, -0.05) is 40.0 Å². The summed E-state index contributed by atoms with van der Waals surface area (Å²) in [5.41, 5.74) is 8.12. The maximum atomic E-state index is 11.2. The Morgan fingerprint density at radius 1 is 1.33 bits per heavy atom. The van der Waals surface area contributed by atoms with Gasteiger partial charge in [-0.05, 0) is 36.5 Å². The van der Waals surface area contributed by atoms with Gasteiger partial charge in [0.05, 0.1) is 5.56 Å². The number of hydrogen-bond acceptors (Lipinski definition) is 3. The van der Waals surface area contributed by atoms with Gasteiger partial charge in [-0.25, -0.2) is 4.79 Å². The van der Waals surface area contributed by atoms with E-state index < -0.39 is 5.97 Å².